The summed E-state index contributed by atoms with van der Waals surface area (Å²) >= 11 is 0. The molecule has 0 heterocycles. The van der Waals surface area contributed by atoms with Gasteiger partial charge in [-0.05, 0) is 45.0 Å². The standard InChI is InChI=1S/C14H14O4/c1-8(2)17-10-4-6-11(7-5-10)18-14-9(3)12(15)13(14)16/h4-8H,1-3H3. The van der Waals surface area contributed by atoms with E-state index < -0.39 is 10.9 Å². The molecule has 18 heavy (non-hydrogen) atoms. The first-order chi connectivity index (χ1) is 8.49. The Kier molecular flexibility index (Phi) is 3.19. The molecule has 0 aliphatic heterocycles. The fourth-order valence-electron chi connectivity index (χ4n) is 1.58. The van der Waals surface area contributed by atoms with Crippen LogP contribution in [-0.4, -0.2) is 6.10 Å². The Morgan fingerprint density at radius 3 is 2.00 bits per heavy atom. The van der Waals surface area contributed by atoms with E-state index in [-0.39, 0.29) is 11.9 Å². The third-order valence-corrected chi connectivity index (χ3v) is 2.51. The van der Waals surface area contributed by atoms with Crippen LogP contribution in [0.2, 0.25) is 0 Å². The molecule has 0 aromatic heterocycles. The van der Waals surface area contributed by atoms with Crippen molar-refractivity contribution < 1.29 is 9.47 Å². The molecule has 0 saturated carbocycles. The first-order valence-electron chi connectivity index (χ1n) is 5.73. The van der Waals surface area contributed by atoms with Crippen molar-refractivity contribution in [3.63, 3.8) is 0 Å². The largest absolute Gasteiger partial charge is 0.491 e. The zero-order chi connectivity index (χ0) is 13.3. The van der Waals surface area contributed by atoms with Crippen LogP contribution in [0.1, 0.15) is 19.4 Å². The Morgan fingerprint density at radius 1 is 0.944 bits per heavy atom. The van der Waals surface area contributed by atoms with E-state index in [1.54, 1.807) is 31.2 Å². The van der Waals surface area contributed by atoms with E-state index >= 15 is 0 Å². The summed E-state index contributed by atoms with van der Waals surface area (Å²) in [6.07, 6.45) is 0.104. The third-order valence-electron chi connectivity index (χ3n) is 2.51. The monoisotopic (exact) mass is 246 g/mol. The molecule has 0 unspecified atom stereocenters. The van der Waals surface area contributed by atoms with E-state index in [2.05, 4.69) is 0 Å². The molecule has 0 bridgehead atoms. The van der Waals surface area contributed by atoms with Gasteiger partial charge in [-0.25, -0.2) is 0 Å². The van der Waals surface area contributed by atoms with Crippen LogP contribution < -0.4 is 20.3 Å². The fourth-order valence-corrected chi connectivity index (χ4v) is 1.58. The molecular weight excluding hydrogens is 232 g/mol. The minimum Gasteiger partial charge on any atom is -0.491 e. The highest BCUT2D eigenvalue weighted by Crippen LogP contribution is 2.23. The van der Waals surface area contributed by atoms with Gasteiger partial charge in [-0.3, -0.25) is 9.59 Å². The molecule has 0 N–H and O–H groups in total. The Morgan fingerprint density at radius 2 is 1.50 bits per heavy atom. The Hall–Kier alpha value is -2.10. The van der Waals surface area contributed by atoms with E-state index in [4.69, 9.17) is 9.47 Å². The molecular formula is C14H14O4. The van der Waals surface area contributed by atoms with Crippen LogP contribution >= 0.6 is 0 Å². The molecule has 2 aromatic carbocycles. The van der Waals surface area contributed by atoms with Gasteiger partial charge in [0.05, 0.1) is 6.10 Å². The van der Waals surface area contributed by atoms with Crippen LogP contribution in [0.15, 0.2) is 33.9 Å². The SMILES string of the molecule is Cc1c(Oc2ccc(OC(C)C)cc2)c(=O)c1=O. The minimum atomic E-state index is -0.560. The molecule has 94 valence electrons. The first kappa shape index (κ1) is 12.4. The van der Waals surface area contributed by atoms with Gasteiger partial charge in [0.2, 0.25) is 5.43 Å². The summed E-state index contributed by atoms with van der Waals surface area (Å²) in [7, 11) is 0. The maximum Gasteiger partial charge on any atom is 0.268 e. The number of rotatable bonds is 4. The smallest absolute Gasteiger partial charge is 0.268 e. The molecule has 0 atom stereocenters. The molecule has 0 fully saturated rings. The number of hydrogen-bond acceptors (Lipinski definition) is 4. The van der Waals surface area contributed by atoms with Crippen molar-refractivity contribution in [1.82, 2.24) is 0 Å². The summed E-state index contributed by atoms with van der Waals surface area (Å²) in [6.45, 7) is 5.46. The average molecular weight is 246 g/mol. The Balaban J connectivity index is 2.12. The second-order valence-corrected chi connectivity index (χ2v) is 4.35. The number of benzene rings is 1. The molecule has 4 heteroatoms. The Labute approximate surface area is 104 Å². The van der Waals surface area contributed by atoms with E-state index in [0.717, 1.165) is 5.75 Å². The second kappa shape index (κ2) is 4.64. The fraction of sp³-hybridized carbons (Fsp3) is 0.286. The quantitative estimate of drug-likeness (QED) is 0.776. The lowest BCUT2D eigenvalue weighted by molar-refractivity contribution is 0.242. The lowest BCUT2D eigenvalue weighted by atomic mass is 10.1. The summed E-state index contributed by atoms with van der Waals surface area (Å²) in [5, 5.41) is 0. The van der Waals surface area contributed by atoms with Gasteiger partial charge in [-0.15, -0.1) is 0 Å². The van der Waals surface area contributed by atoms with Crippen molar-refractivity contribution in [1.29, 1.82) is 0 Å². The van der Waals surface area contributed by atoms with Crippen LogP contribution in [0, 0.1) is 6.92 Å². The van der Waals surface area contributed by atoms with Crippen LogP contribution in [0.25, 0.3) is 0 Å². The van der Waals surface area contributed by atoms with E-state index in [1.165, 1.54) is 0 Å². The van der Waals surface area contributed by atoms with Gasteiger partial charge < -0.3 is 9.47 Å². The lowest BCUT2D eigenvalue weighted by Gasteiger charge is -2.11. The summed E-state index contributed by atoms with van der Waals surface area (Å²) in [6, 6.07) is 6.93. The first-order valence-corrected chi connectivity index (χ1v) is 5.73. The predicted octanol–water partition coefficient (Wildman–Crippen LogP) is 2.17. The number of hydrogen-bond donors (Lipinski definition) is 0. The zero-order valence-electron chi connectivity index (χ0n) is 10.5. The topological polar surface area (TPSA) is 52.6 Å². The van der Waals surface area contributed by atoms with Crippen molar-refractivity contribution in [2.24, 2.45) is 0 Å². The zero-order valence-corrected chi connectivity index (χ0v) is 10.5. The summed E-state index contributed by atoms with van der Waals surface area (Å²) in [4.78, 5) is 22.3. The molecule has 0 radical (unpaired) electrons. The van der Waals surface area contributed by atoms with Gasteiger partial charge in [0.1, 0.15) is 11.5 Å². The van der Waals surface area contributed by atoms with Crippen molar-refractivity contribution in [2.45, 2.75) is 26.9 Å². The highest BCUT2D eigenvalue weighted by molar-refractivity contribution is 5.42. The molecule has 0 amide bonds. The predicted molar refractivity (Wildman–Crippen MR) is 68.4 cm³/mol. The molecule has 0 spiro atoms. The van der Waals surface area contributed by atoms with Gasteiger partial charge in [-0.1, -0.05) is 0 Å². The van der Waals surface area contributed by atoms with Crippen LogP contribution in [-0.2, 0) is 0 Å². The van der Waals surface area contributed by atoms with Gasteiger partial charge >= 0.3 is 0 Å². The maximum atomic E-state index is 11.2. The summed E-state index contributed by atoms with van der Waals surface area (Å²) < 4.78 is 10.8. The van der Waals surface area contributed by atoms with Gasteiger partial charge in [0.25, 0.3) is 5.43 Å². The minimum absolute atomic E-state index is 0.104. The third kappa shape index (κ3) is 2.27. The van der Waals surface area contributed by atoms with Crippen LogP contribution in [0.5, 0.6) is 17.2 Å². The second-order valence-electron chi connectivity index (χ2n) is 4.35. The lowest BCUT2D eigenvalue weighted by Crippen LogP contribution is -2.34. The van der Waals surface area contributed by atoms with Gasteiger partial charge in [0, 0.05) is 5.56 Å². The Bertz CT molecular complexity index is 616. The van der Waals surface area contributed by atoms with E-state index in [9.17, 15) is 9.59 Å². The molecule has 2 rings (SSSR count). The molecule has 2 aromatic rings. The van der Waals surface area contributed by atoms with Gasteiger partial charge in [0.15, 0.2) is 5.75 Å². The van der Waals surface area contributed by atoms with Crippen LogP contribution in [0.3, 0.4) is 0 Å². The van der Waals surface area contributed by atoms with E-state index in [0.29, 0.717) is 11.3 Å². The highest BCUT2D eigenvalue weighted by Gasteiger charge is 2.18. The van der Waals surface area contributed by atoms with Gasteiger partial charge in [-0.2, -0.15) is 0 Å². The van der Waals surface area contributed by atoms with Crippen molar-refractivity contribution >= 4 is 0 Å². The van der Waals surface area contributed by atoms with E-state index in [1.807, 2.05) is 13.8 Å². The summed E-state index contributed by atoms with van der Waals surface area (Å²) in [5.41, 5.74) is -0.651. The summed E-state index contributed by atoms with van der Waals surface area (Å²) in [5.74, 6) is 1.39. The normalized spacial score (nSPS) is 10.9. The molecule has 0 aliphatic rings. The molecule has 4 nitrogen and oxygen atoms in total. The molecule has 0 aliphatic carbocycles. The van der Waals surface area contributed by atoms with Crippen LogP contribution in [0.4, 0.5) is 0 Å². The van der Waals surface area contributed by atoms with Crippen molar-refractivity contribution in [2.75, 3.05) is 0 Å². The van der Waals surface area contributed by atoms with Crippen molar-refractivity contribution in [3.8, 4) is 17.2 Å². The van der Waals surface area contributed by atoms with Crippen molar-refractivity contribution in [3.05, 3.63) is 50.3 Å². The molecule has 0 saturated heterocycles. The maximum absolute atomic E-state index is 11.2. The number of ether oxygens (including phenoxy) is 2. The highest BCUT2D eigenvalue weighted by atomic mass is 16.5. The average Bonchev–Trinajstić information content (AvgIpc) is 2.36.